The third kappa shape index (κ3) is 4.04. The minimum Gasteiger partial charge on any atom is -0.497 e. The van der Waals surface area contributed by atoms with Gasteiger partial charge in [-0.05, 0) is 55.0 Å². The molecule has 0 unspecified atom stereocenters. The van der Waals surface area contributed by atoms with Gasteiger partial charge in [-0.3, -0.25) is 14.2 Å². The zero-order valence-electron chi connectivity index (χ0n) is 20.9. The molecule has 37 heavy (non-hydrogen) atoms. The highest BCUT2D eigenvalue weighted by atomic mass is 16.5. The standard InChI is InChI=1S/C28H26N4O5/c1-17-8-7-9-18(14-17)32-27(34)26-25(20-15-19(36-3)12-13-22(20)30(26)2)31(28(32)35)16-24(33)29-21-10-5-6-11-23(21)37-4/h5-15H,16H2,1-4H3,(H,29,33). The third-order valence-corrected chi connectivity index (χ3v) is 6.42. The topological polar surface area (TPSA) is 96.5 Å². The molecule has 1 amide bonds. The molecule has 1 N–H and O–H groups in total. The molecule has 2 heterocycles. The fraction of sp³-hybridized carbons (Fsp3) is 0.179. The Hall–Kier alpha value is -4.79. The quantitative estimate of drug-likeness (QED) is 0.386. The number of nitrogens with zero attached hydrogens (tertiary/aromatic N) is 3. The van der Waals surface area contributed by atoms with Gasteiger partial charge in [0.25, 0.3) is 5.56 Å². The van der Waals surface area contributed by atoms with E-state index in [0.717, 1.165) is 15.6 Å². The molecule has 0 aliphatic rings. The van der Waals surface area contributed by atoms with Crippen LogP contribution in [0.25, 0.3) is 27.6 Å². The Morgan fingerprint density at radius 1 is 0.919 bits per heavy atom. The first kappa shape index (κ1) is 23.9. The Morgan fingerprint density at radius 2 is 1.70 bits per heavy atom. The fourth-order valence-electron chi connectivity index (χ4n) is 4.68. The van der Waals surface area contributed by atoms with Crippen LogP contribution in [-0.2, 0) is 18.4 Å². The molecule has 0 aliphatic carbocycles. The zero-order valence-corrected chi connectivity index (χ0v) is 20.9. The van der Waals surface area contributed by atoms with Crippen molar-refractivity contribution < 1.29 is 14.3 Å². The number of aryl methyl sites for hydroxylation is 2. The van der Waals surface area contributed by atoms with Gasteiger partial charge < -0.3 is 19.4 Å². The summed E-state index contributed by atoms with van der Waals surface area (Å²) < 4.78 is 14.9. The zero-order chi connectivity index (χ0) is 26.3. The fourth-order valence-corrected chi connectivity index (χ4v) is 4.68. The summed E-state index contributed by atoms with van der Waals surface area (Å²) in [5, 5.41) is 3.45. The summed E-state index contributed by atoms with van der Waals surface area (Å²) in [5.41, 5.74) is 2.11. The van der Waals surface area contributed by atoms with Crippen molar-refractivity contribution in [3.63, 3.8) is 0 Å². The first-order chi connectivity index (χ1) is 17.8. The van der Waals surface area contributed by atoms with Gasteiger partial charge in [0.05, 0.1) is 36.6 Å². The lowest BCUT2D eigenvalue weighted by Gasteiger charge is -2.14. The lowest BCUT2D eigenvalue weighted by Crippen LogP contribution is -2.41. The molecule has 0 radical (unpaired) electrons. The Labute approximate surface area is 212 Å². The van der Waals surface area contributed by atoms with Crippen LogP contribution in [0.3, 0.4) is 0 Å². The van der Waals surface area contributed by atoms with Crippen molar-refractivity contribution in [3.05, 3.63) is 93.1 Å². The number of hydrogen-bond acceptors (Lipinski definition) is 5. The molecular formula is C28H26N4O5. The lowest BCUT2D eigenvalue weighted by molar-refractivity contribution is -0.116. The van der Waals surface area contributed by atoms with Crippen molar-refractivity contribution >= 4 is 33.5 Å². The SMILES string of the molecule is COc1ccc2c(c1)c1c(c(=O)n(-c3cccc(C)c3)c(=O)n1CC(=O)Nc1ccccc1OC)n2C. The van der Waals surface area contributed by atoms with Gasteiger partial charge in [-0.1, -0.05) is 24.3 Å². The largest absolute Gasteiger partial charge is 0.497 e. The van der Waals surface area contributed by atoms with E-state index in [4.69, 9.17) is 9.47 Å². The molecule has 0 saturated carbocycles. The molecule has 188 valence electrons. The molecule has 0 saturated heterocycles. The second-order valence-corrected chi connectivity index (χ2v) is 8.74. The second-order valence-electron chi connectivity index (χ2n) is 8.74. The van der Waals surface area contributed by atoms with Gasteiger partial charge in [0, 0.05) is 12.4 Å². The van der Waals surface area contributed by atoms with Gasteiger partial charge in [0.1, 0.15) is 23.6 Å². The number of anilines is 1. The number of carbonyl (C=O) groups excluding carboxylic acids is 1. The van der Waals surface area contributed by atoms with E-state index in [1.807, 2.05) is 19.1 Å². The Balaban J connectivity index is 1.78. The third-order valence-electron chi connectivity index (χ3n) is 6.42. The number of nitrogens with one attached hydrogen (secondary N) is 1. The van der Waals surface area contributed by atoms with Crippen molar-refractivity contribution in [3.8, 4) is 17.2 Å². The van der Waals surface area contributed by atoms with Crippen LogP contribution in [0.1, 0.15) is 5.56 Å². The van der Waals surface area contributed by atoms with Crippen molar-refractivity contribution in [2.24, 2.45) is 7.05 Å². The van der Waals surface area contributed by atoms with E-state index >= 15 is 0 Å². The minimum atomic E-state index is -0.617. The number of amides is 1. The van der Waals surface area contributed by atoms with E-state index in [9.17, 15) is 14.4 Å². The first-order valence-electron chi connectivity index (χ1n) is 11.7. The van der Waals surface area contributed by atoms with Crippen LogP contribution in [0.15, 0.2) is 76.3 Å². The monoisotopic (exact) mass is 498 g/mol. The molecule has 9 heteroatoms. The van der Waals surface area contributed by atoms with E-state index < -0.39 is 17.2 Å². The minimum absolute atomic E-state index is 0.300. The number of ether oxygens (including phenoxy) is 2. The Bertz CT molecular complexity index is 1800. The summed E-state index contributed by atoms with van der Waals surface area (Å²) in [6, 6.07) is 19.5. The predicted octanol–water partition coefficient (Wildman–Crippen LogP) is 3.61. The van der Waals surface area contributed by atoms with Gasteiger partial charge in [0.2, 0.25) is 5.91 Å². The van der Waals surface area contributed by atoms with Crippen LogP contribution >= 0.6 is 0 Å². The van der Waals surface area contributed by atoms with Gasteiger partial charge in [-0.25, -0.2) is 9.36 Å². The van der Waals surface area contributed by atoms with Crippen molar-refractivity contribution in [1.29, 1.82) is 0 Å². The van der Waals surface area contributed by atoms with E-state index in [1.54, 1.807) is 73.3 Å². The van der Waals surface area contributed by atoms with Crippen LogP contribution in [-0.4, -0.2) is 33.8 Å². The smallest absolute Gasteiger partial charge is 0.336 e. The molecule has 5 rings (SSSR count). The average Bonchev–Trinajstić information content (AvgIpc) is 3.18. The van der Waals surface area contributed by atoms with E-state index in [0.29, 0.717) is 39.3 Å². The summed E-state index contributed by atoms with van der Waals surface area (Å²) >= 11 is 0. The Morgan fingerprint density at radius 3 is 2.43 bits per heavy atom. The summed E-state index contributed by atoms with van der Waals surface area (Å²) in [5.74, 6) is 0.621. The predicted molar refractivity (Wildman–Crippen MR) is 143 cm³/mol. The number of carbonyl (C=O) groups is 1. The number of hydrogen-bond donors (Lipinski definition) is 1. The molecule has 0 atom stereocenters. The van der Waals surface area contributed by atoms with Crippen molar-refractivity contribution in [2.75, 3.05) is 19.5 Å². The number of methoxy groups -OCH3 is 2. The van der Waals surface area contributed by atoms with Crippen LogP contribution in [0.2, 0.25) is 0 Å². The molecular weight excluding hydrogens is 472 g/mol. The van der Waals surface area contributed by atoms with Crippen LogP contribution in [0.4, 0.5) is 5.69 Å². The summed E-state index contributed by atoms with van der Waals surface area (Å²) in [6.45, 7) is 1.56. The van der Waals surface area contributed by atoms with E-state index in [1.165, 1.54) is 11.7 Å². The molecule has 3 aromatic carbocycles. The summed E-state index contributed by atoms with van der Waals surface area (Å²) in [6.07, 6.45) is 0. The second kappa shape index (κ2) is 9.34. The Kier molecular flexibility index (Phi) is 6.04. The number of fused-ring (bicyclic) bond motifs is 3. The molecule has 0 fully saturated rings. The van der Waals surface area contributed by atoms with Gasteiger partial charge >= 0.3 is 5.69 Å². The maximum Gasteiger partial charge on any atom is 0.336 e. The summed E-state index contributed by atoms with van der Waals surface area (Å²) in [4.78, 5) is 41.0. The number of benzene rings is 3. The highest BCUT2D eigenvalue weighted by Gasteiger charge is 2.23. The van der Waals surface area contributed by atoms with Crippen LogP contribution in [0.5, 0.6) is 11.5 Å². The van der Waals surface area contributed by atoms with Crippen LogP contribution < -0.4 is 26.0 Å². The molecule has 9 nitrogen and oxygen atoms in total. The molecule has 5 aromatic rings. The van der Waals surface area contributed by atoms with Gasteiger partial charge in [-0.2, -0.15) is 0 Å². The molecule has 2 aromatic heterocycles. The molecule has 0 bridgehead atoms. The molecule has 0 aliphatic heterocycles. The number of rotatable bonds is 6. The maximum absolute atomic E-state index is 13.9. The molecule has 0 spiro atoms. The van der Waals surface area contributed by atoms with Gasteiger partial charge in [-0.15, -0.1) is 0 Å². The van der Waals surface area contributed by atoms with Gasteiger partial charge in [0.15, 0.2) is 0 Å². The number of para-hydroxylation sites is 2. The van der Waals surface area contributed by atoms with E-state index in [-0.39, 0.29) is 6.54 Å². The highest BCUT2D eigenvalue weighted by Crippen LogP contribution is 2.29. The average molecular weight is 499 g/mol. The normalized spacial score (nSPS) is 11.1. The summed E-state index contributed by atoms with van der Waals surface area (Å²) in [7, 11) is 4.83. The van der Waals surface area contributed by atoms with E-state index in [2.05, 4.69) is 5.32 Å². The first-order valence-corrected chi connectivity index (χ1v) is 11.7. The lowest BCUT2D eigenvalue weighted by atomic mass is 10.2. The van der Waals surface area contributed by atoms with Crippen molar-refractivity contribution in [2.45, 2.75) is 13.5 Å². The highest BCUT2D eigenvalue weighted by molar-refractivity contribution is 6.07. The number of aromatic nitrogens is 3. The maximum atomic E-state index is 13.9. The van der Waals surface area contributed by atoms with Crippen molar-refractivity contribution in [1.82, 2.24) is 13.7 Å². The van der Waals surface area contributed by atoms with Crippen LogP contribution in [0, 0.1) is 6.92 Å².